The second kappa shape index (κ2) is 4.40. The second-order valence-corrected chi connectivity index (χ2v) is 4.70. The molecule has 0 aromatic carbocycles. The van der Waals surface area contributed by atoms with Crippen LogP contribution < -0.4 is 10.1 Å². The fraction of sp³-hybridized carbons (Fsp3) is 0.462. The summed E-state index contributed by atoms with van der Waals surface area (Å²) in [4.78, 5) is 27.2. The van der Waals surface area contributed by atoms with E-state index in [1.165, 1.54) is 6.20 Å². The Kier molecular flexibility index (Phi) is 2.74. The zero-order valence-electron chi connectivity index (χ0n) is 9.89. The average Bonchev–Trinajstić information content (AvgIpc) is 3.16. The van der Waals surface area contributed by atoms with Gasteiger partial charge in [0.15, 0.2) is 11.9 Å². The predicted molar refractivity (Wildman–Crippen MR) is 63.3 cm³/mol. The van der Waals surface area contributed by atoms with E-state index in [9.17, 15) is 9.59 Å². The van der Waals surface area contributed by atoms with Crippen molar-refractivity contribution in [2.75, 3.05) is 6.54 Å². The number of carbonyl (C=O) groups excluding carboxylic acids is 2. The minimum atomic E-state index is -0.434. The molecular formula is C13H14N2O3. The Morgan fingerprint density at radius 1 is 1.33 bits per heavy atom. The van der Waals surface area contributed by atoms with Crippen LogP contribution in [0, 0.1) is 5.92 Å². The fourth-order valence-electron chi connectivity index (χ4n) is 2.00. The maximum Gasteiger partial charge on any atom is 0.261 e. The number of nitrogens with one attached hydrogen (secondary N) is 1. The van der Waals surface area contributed by atoms with Crippen LogP contribution in [0.25, 0.3) is 0 Å². The fourth-order valence-corrected chi connectivity index (χ4v) is 2.00. The van der Waals surface area contributed by atoms with Crippen molar-refractivity contribution < 1.29 is 14.3 Å². The first-order chi connectivity index (χ1) is 8.74. The molecule has 1 aromatic rings. The summed E-state index contributed by atoms with van der Waals surface area (Å²) in [5.74, 6) is 0.725. The monoisotopic (exact) mass is 246 g/mol. The van der Waals surface area contributed by atoms with Gasteiger partial charge < -0.3 is 10.1 Å². The molecule has 0 radical (unpaired) electrons. The average molecular weight is 246 g/mol. The summed E-state index contributed by atoms with van der Waals surface area (Å²) in [6.45, 7) is 0.648. The number of nitrogens with zero attached hydrogens (tertiary/aromatic N) is 1. The number of carbonyl (C=O) groups is 2. The lowest BCUT2D eigenvalue weighted by molar-refractivity contribution is -0.124. The first-order valence-corrected chi connectivity index (χ1v) is 6.18. The molecule has 1 saturated heterocycles. The van der Waals surface area contributed by atoms with Crippen molar-refractivity contribution in [3.63, 3.8) is 0 Å². The Balaban J connectivity index is 1.67. The van der Waals surface area contributed by atoms with Crippen LogP contribution in [0.2, 0.25) is 0 Å². The Labute approximate surface area is 105 Å². The number of rotatable bonds is 4. The van der Waals surface area contributed by atoms with Crippen LogP contribution in [-0.4, -0.2) is 29.3 Å². The highest BCUT2D eigenvalue weighted by Crippen LogP contribution is 2.32. The molecule has 1 amide bonds. The van der Waals surface area contributed by atoms with Gasteiger partial charge in [-0.1, -0.05) is 0 Å². The molecule has 18 heavy (non-hydrogen) atoms. The number of hydrogen-bond donors (Lipinski definition) is 1. The van der Waals surface area contributed by atoms with Gasteiger partial charge in [0.2, 0.25) is 0 Å². The molecular weight excluding hydrogens is 232 g/mol. The molecule has 1 aliphatic heterocycles. The van der Waals surface area contributed by atoms with Gasteiger partial charge in [-0.2, -0.15) is 0 Å². The highest BCUT2D eigenvalue weighted by Gasteiger charge is 2.31. The summed E-state index contributed by atoms with van der Waals surface area (Å²) in [5.41, 5.74) is 0.487. The Bertz CT molecular complexity index is 480. The summed E-state index contributed by atoms with van der Waals surface area (Å²) >= 11 is 0. The number of pyridine rings is 1. The summed E-state index contributed by atoms with van der Waals surface area (Å²) in [5, 5.41) is 2.70. The number of ether oxygens (including phenoxy) is 1. The van der Waals surface area contributed by atoms with Crippen molar-refractivity contribution in [3.8, 4) is 5.75 Å². The lowest BCUT2D eigenvalue weighted by atomic mass is 10.2. The maximum absolute atomic E-state index is 11.7. The van der Waals surface area contributed by atoms with E-state index in [0.717, 1.165) is 12.8 Å². The molecule has 1 aromatic heterocycles. The molecule has 2 aliphatic rings. The minimum absolute atomic E-state index is 0.0897. The highest BCUT2D eigenvalue weighted by molar-refractivity contribution is 5.97. The first-order valence-electron chi connectivity index (χ1n) is 6.18. The van der Waals surface area contributed by atoms with E-state index in [2.05, 4.69) is 10.3 Å². The van der Waals surface area contributed by atoms with E-state index in [1.807, 2.05) is 0 Å². The maximum atomic E-state index is 11.7. The van der Waals surface area contributed by atoms with E-state index < -0.39 is 6.10 Å². The predicted octanol–water partition coefficient (Wildman–Crippen LogP) is 0.942. The van der Waals surface area contributed by atoms with Crippen molar-refractivity contribution in [1.29, 1.82) is 0 Å². The van der Waals surface area contributed by atoms with Crippen molar-refractivity contribution in [3.05, 3.63) is 24.0 Å². The van der Waals surface area contributed by atoms with Gasteiger partial charge in [0.1, 0.15) is 11.4 Å². The number of ketones is 1. The smallest absolute Gasteiger partial charge is 0.261 e. The van der Waals surface area contributed by atoms with Gasteiger partial charge in [0, 0.05) is 18.9 Å². The quantitative estimate of drug-likeness (QED) is 0.803. The number of amides is 1. The Hall–Kier alpha value is -1.91. The van der Waals surface area contributed by atoms with Crippen LogP contribution in [-0.2, 0) is 4.79 Å². The molecule has 1 atom stereocenters. The molecule has 2 heterocycles. The van der Waals surface area contributed by atoms with E-state index in [0.29, 0.717) is 24.4 Å². The molecule has 1 saturated carbocycles. The lowest BCUT2D eigenvalue weighted by Gasteiger charge is -2.10. The van der Waals surface area contributed by atoms with Crippen LogP contribution in [0.4, 0.5) is 0 Å². The minimum Gasteiger partial charge on any atom is -0.479 e. The van der Waals surface area contributed by atoms with Gasteiger partial charge in [-0.3, -0.25) is 9.59 Å². The second-order valence-electron chi connectivity index (χ2n) is 4.70. The van der Waals surface area contributed by atoms with Crippen LogP contribution in [0.3, 0.4) is 0 Å². The molecule has 0 unspecified atom stereocenters. The van der Waals surface area contributed by atoms with Gasteiger partial charge in [0.25, 0.3) is 5.91 Å². The zero-order chi connectivity index (χ0) is 12.5. The summed E-state index contributed by atoms with van der Waals surface area (Å²) in [6, 6.07) is 3.37. The topological polar surface area (TPSA) is 68.3 Å². The van der Waals surface area contributed by atoms with Gasteiger partial charge in [-0.15, -0.1) is 0 Å². The highest BCUT2D eigenvalue weighted by atomic mass is 16.5. The third-order valence-corrected chi connectivity index (χ3v) is 3.21. The molecule has 0 spiro atoms. The Morgan fingerprint density at radius 2 is 2.17 bits per heavy atom. The van der Waals surface area contributed by atoms with Gasteiger partial charge in [-0.05, 0) is 25.0 Å². The van der Waals surface area contributed by atoms with Crippen molar-refractivity contribution >= 4 is 11.7 Å². The molecule has 1 aliphatic carbocycles. The van der Waals surface area contributed by atoms with Crippen LogP contribution >= 0.6 is 0 Å². The third kappa shape index (κ3) is 2.20. The van der Waals surface area contributed by atoms with Crippen molar-refractivity contribution in [2.45, 2.75) is 25.4 Å². The SMILES string of the molecule is O=C(c1ccc(O[C@@H]2CCNC2=O)cn1)C1CC1. The summed E-state index contributed by atoms with van der Waals surface area (Å²) in [6.07, 6.45) is 3.70. The van der Waals surface area contributed by atoms with Gasteiger partial charge >= 0.3 is 0 Å². The van der Waals surface area contributed by atoms with E-state index >= 15 is 0 Å². The van der Waals surface area contributed by atoms with Crippen LogP contribution in [0.1, 0.15) is 29.8 Å². The summed E-state index contributed by atoms with van der Waals surface area (Å²) in [7, 11) is 0. The molecule has 2 fully saturated rings. The molecule has 94 valence electrons. The van der Waals surface area contributed by atoms with E-state index in [1.54, 1.807) is 12.1 Å². The van der Waals surface area contributed by atoms with E-state index in [4.69, 9.17) is 4.74 Å². The molecule has 0 bridgehead atoms. The normalized spacial score (nSPS) is 22.7. The summed E-state index contributed by atoms with van der Waals surface area (Å²) < 4.78 is 5.51. The molecule has 1 N–H and O–H groups in total. The van der Waals surface area contributed by atoms with E-state index in [-0.39, 0.29) is 17.6 Å². The van der Waals surface area contributed by atoms with Gasteiger partial charge in [-0.25, -0.2) is 4.98 Å². The number of aromatic nitrogens is 1. The molecule has 5 heteroatoms. The zero-order valence-corrected chi connectivity index (χ0v) is 9.89. The van der Waals surface area contributed by atoms with Crippen molar-refractivity contribution in [1.82, 2.24) is 10.3 Å². The first kappa shape index (κ1) is 11.2. The van der Waals surface area contributed by atoms with Crippen molar-refractivity contribution in [2.24, 2.45) is 5.92 Å². The molecule has 3 rings (SSSR count). The molecule has 5 nitrogen and oxygen atoms in total. The Morgan fingerprint density at radius 3 is 2.72 bits per heavy atom. The standard InChI is InChI=1S/C13H14N2O3/c16-12(8-1-2-8)10-4-3-9(7-15-10)18-11-5-6-14-13(11)17/h3-4,7-8,11H,1-2,5-6H2,(H,14,17)/t11-/m1/s1. The largest absolute Gasteiger partial charge is 0.479 e. The number of Topliss-reactive ketones (excluding diaryl/α,β-unsaturated/α-hetero) is 1. The third-order valence-electron chi connectivity index (χ3n) is 3.21. The van der Waals surface area contributed by atoms with Crippen LogP contribution in [0.15, 0.2) is 18.3 Å². The lowest BCUT2D eigenvalue weighted by Crippen LogP contribution is -2.27. The van der Waals surface area contributed by atoms with Gasteiger partial charge in [0.05, 0.1) is 6.20 Å². The number of hydrogen-bond acceptors (Lipinski definition) is 4. The van der Waals surface area contributed by atoms with Crippen LogP contribution in [0.5, 0.6) is 5.75 Å².